The normalized spacial score (nSPS) is 11.4. The number of thiophene rings is 1. The zero-order valence-electron chi connectivity index (χ0n) is 12.0. The summed E-state index contributed by atoms with van der Waals surface area (Å²) in [6, 6.07) is 14.6. The van der Waals surface area contributed by atoms with Crippen molar-refractivity contribution in [2.24, 2.45) is 5.92 Å². The van der Waals surface area contributed by atoms with Gasteiger partial charge in [0.25, 0.3) is 0 Å². The Morgan fingerprint density at radius 1 is 1.18 bits per heavy atom. The highest BCUT2D eigenvalue weighted by Crippen LogP contribution is 2.14. The van der Waals surface area contributed by atoms with Crippen molar-refractivity contribution < 1.29 is 9.59 Å². The van der Waals surface area contributed by atoms with Gasteiger partial charge in [-0.3, -0.25) is 9.59 Å². The monoisotopic (exact) mass is 312 g/mol. The molecule has 2 aromatic rings. The second kappa shape index (κ2) is 8.11. The summed E-state index contributed by atoms with van der Waals surface area (Å²) >= 11 is 1.64. The van der Waals surface area contributed by atoms with E-state index >= 15 is 0 Å². The van der Waals surface area contributed by atoms with E-state index in [4.69, 9.17) is 5.26 Å². The number of benzene rings is 1. The topological polar surface area (TPSA) is 70.0 Å². The molecular formula is C17H16N2O2S. The maximum atomic E-state index is 12.1. The van der Waals surface area contributed by atoms with Crippen LogP contribution in [0, 0.1) is 17.2 Å². The molecule has 0 spiro atoms. The summed E-state index contributed by atoms with van der Waals surface area (Å²) in [5.74, 6) is -2.13. The third-order valence-electron chi connectivity index (χ3n) is 3.18. The number of nitrogens with zero attached hydrogens (tertiary/aromatic N) is 1. The van der Waals surface area contributed by atoms with E-state index in [0.29, 0.717) is 12.1 Å². The first-order valence-electron chi connectivity index (χ1n) is 7.01. The molecule has 112 valence electrons. The first kappa shape index (κ1) is 15.9. The van der Waals surface area contributed by atoms with Crippen LogP contribution in [0.5, 0.6) is 0 Å². The van der Waals surface area contributed by atoms with E-state index < -0.39 is 11.8 Å². The van der Waals surface area contributed by atoms with E-state index in [2.05, 4.69) is 5.32 Å². The molecule has 4 nitrogen and oxygen atoms in total. The zero-order valence-corrected chi connectivity index (χ0v) is 12.8. The second-order valence-electron chi connectivity index (χ2n) is 4.82. The number of hydrogen-bond acceptors (Lipinski definition) is 4. The van der Waals surface area contributed by atoms with Gasteiger partial charge in [-0.15, -0.1) is 11.3 Å². The SMILES string of the molecule is N#C[C@@H](C(=O)CCCc1cccs1)C(=O)Nc1ccccc1. The summed E-state index contributed by atoms with van der Waals surface area (Å²) < 4.78 is 0. The maximum absolute atomic E-state index is 12.1. The minimum absolute atomic E-state index is 0.234. The van der Waals surface area contributed by atoms with Crippen molar-refractivity contribution in [3.8, 4) is 6.07 Å². The van der Waals surface area contributed by atoms with Gasteiger partial charge in [0.05, 0.1) is 6.07 Å². The van der Waals surface area contributed by atoms with E-state index in [0.717, 1.165) is 6.42 Å². The average Bonchev–Trinajstić information content (AvgIpc) is 3.02. The van der Waals surface area contributed by atoms with Crippen LogP contribution in [-0.2, 0) is 16.0 Å². The highest BCUT2D eigenvalue weighted by atomic mass is 32.1. The Hall–Kier alpha value is -2.45. The van der Waals surface area contributed by atoms with Gasteiger partial charge in [0, 0.05) is 17.0 Å². The van der Waals surface area contributed by atoms with Gasteiger partial charge >= 0.3 is 0 Å². The summed E-state index contributed by atoms with van der Waals surface area (Å²) in [6.45, 7) is 0. The highest BCUT2D eigenvalue weighted by molar-refractivity contribution is 7.09. The second-order valence-corrected chi connectivity index (χ2v) is 5.85. The summed E-state index contributed by atoms with van der Waals surface area (Å²) in [4.78, 5) is 25.3. The van der Waals surface area contributed by atoms with Crippen molar-refractivity contribution in [3.63, 3.8) is 0 Å². The quantitative estimate of drug-likeness (QED) is 0.796. The van der Waals surface area contributed by atoms with Gasteiger partial charge in [-0.2, -0.15) is 5.26 Å². The minimum Gasteiger partial charge on any atom is -0.325 e. The molecule has 1 amide bonds. The summed E-state index contributed by atoms with van der Waals surface area (Å²) in [7, 11) is 0. The van der Waals surface area contributed by atoms with Gasteiger partial charge < -0.3 is 5.32 Å². The fourth-order valence-electron chi connectivity index (χ4n) is 2.05. The van der Waals surface area contributed by atoms with Crippen LogP contribution in [0.2, 0.25) is 0 Å². The molecule has 0 aliphatic rings. The molecular weight excluding hydrogens is 296 g/mol. The number of nitrogens with one attached hydrogen (secondary N) is 1. The smallest absolute Gasteiger partial charge is 0.249 e. The third-order valence-corrected chi connectivity index (χ3v) is 4.12. The summed E-state index contributed by atoms with van der Waals surface area (Å²) in [6.07, 6.45) is 1.68. The fraction of sp³-hybridized carbons (Fsp3) is 0.235. The molecule has 1 heterocycles. The van der Waals surface area contributed by atoms with Crippen LogP contribution in [-0.4, -0.2) is 11.7 Å². The van der Waals surface area contributed by atoms with Gasteiger partial charge in [0.15, 0.2) is 11.7 Å². The lowest BCUT2D eigenvalue weighted by atomic mass is 9.99. The van der Waals surface area contributed by atoms with Gasteiger partial charge in [-0.1, -0.05) is 24.3 Å². The van der Waals surface area contributed by atoms with E-state index in [9.17, 15) is 9.59 Å². The number of nitriles is 1. The van der Waals surface area contributed by atoms with Crippen LogP contribution >= 0.6 is 11.3 Å². The molecule has 0 aliphatic heterocycles. The number of Topliss-reactive ketones (excluding diaryl/α,β-unsaturated/α-hetero) is 1. The van der Waals surface area contributed by atoms with E-state index in [1.54, 1.807) is 41.7 Å². The van der Waals surface area contributed by atoms with Crippen molar-refractivity contribution in [2.75, 3.05) is 5.32 Å². The van der Waals surface area contributed by atoms with E-state index in [1.165, 1.54) is 4.88 Å². The highest BCUT2D eigenvalue weighted by Gasteiger charge is 2.25. The molecule has 0 bridgehead atoms. The number of aryl methyl sites for hydroxylation is 1. The summed E-state index contributed by atoms with van der Waals surface area (Å²) in [5, 5.41) is 13.7. The molecule has 22 heavy (non-hydrogen) atoms. The lowest BCUT2D eigenvalue weighted by Crippen LogP contribution is -2.28. The van der Waals surface area contributed by atoms with Gasteiger partial charge in [-0.05, 0) is 36.4 Å². The predicted octanol–water partition coefficient (Wildman–Crippen LogP) is 3.42. The predicted molar refractivity (Wildman–Crippen MR) is 86.4 cm³/mol. The molecule has 0 fully saturated rings. The Labute approximate surface area is 133 Å². The van der Waals surface area contributed by atoms with Crippen LogP contribution in [0.15, 0.2) is 47.8 Å². The number of anilines is 1. The molecule has 0 saturated heterocycles. The Morgan fingerprint density at radius 3 is 2.59 bits per heavy atom. The van der Waals surface area contributed by atoms with Crippen molar-refractivity contribution >= 4 is 28.7 Å². The van der Waals surface area contributed by atoms with E-state index in [1.807, 2.05) is 23.6 Å². The molecule has 1 N–H and O–H groups in total. The molecule has 1 aromatic carbocycles. The van der Waals surface area contributed by atoms with Crippen molar-refractivity contribution in [1.82, 2.24) is 0 Å². The molecule has 0 unspecified atom stereocenters. The maximum Gasteiger partial charge on any atom is 0.249 e. The van der Waals surface area contributed by atoms with Crippen molar-refractivity contribution in [3.05, 3.63) is 52.7 Å². The van der Waals surface area contributed by atoms with Crippen LogP contribution in [0.1, 0.15) is 17.7 Å². The number of carbonyl (C=O) groups is 2. The van der Waals surface area contributed by atoms with Crippen LogP contribution in [0.3, 0.4) is 0 Å². The van der Waals surface area contributed by atoms with Crippen LogP contribution < -0.4 is 5.32 Å². The Balaban J connectivity index is 1.85. The molecule has 0 saturated carbocycles. The Kier molecular flexibility index (Phi) is 5.87. The zero-order chi connectivity index (χ0) is 15.8. The molecule has 0 radical (unpaired) electrons. The molecule has 0 aliphatic carbocycles. The molecule has 1 atom stereocenters. The molecule has 5 heteroatoms. The number of para-hydroxylation sites is 1. The Morgan fingerprint density at radius 2 is 1.95 bits per heavy atom. The van der Waals surface area contributed by atoms with Crippen LogP contribution in [0.4, 0.5) is 5.69 Å². The standard InChI is InChI=1S/C17H16N2O2S/c18-12-15(17(21)19-13-6-2-1-3-7-13)16(20)10-4-8-14-9-5-11-22-14/h1-3,5-7,9,11,15H,4,8,10H2,(H,19,21)/t15-/m0/s1. The molecule has 1 aromatic heterocycles. The van der Waals surface area contributed by atoms with Gasteiger partial charge in [0.1, 0.15) is 0 Å². The van der Waals surface area contributed by atoms with E-state index in [-0.39, 0.29) is 12.2 Å². The minimum atomic E-state index is -1.25. The number of hydrogen-bond donors (Lipinski definition) is 1. The third kappa shape index (κ3) is 4.54. The number of ketones is 1. The average molecular weight is 312 g/mol. The van der Waals surface area contributed by atoms with Crippen LogP contribution in [0.25, 0.3) is 0 Å². The lowest BCUT2D eigenvalue weighted by molar-refractivity contribution is -0.128. The fourth-order valence-corrected chi connectivity index (χ4v) is 2.80. The van der Waals surface area contributed by atoms with Gasteiger partial charge in [0.2, 0.25) is 5.91 Å². The van der Waals surface area contributed by atoms with Gasteiger partial charge in [-0.25, -0.2) is 0 Å². The van der Waals surface area contributed by atoms with Crippen molar-refractivity contribution in [2.45, 2.75) is 19.3 Å². The number of carbonyl (C=O) groups excluding carboxylic acids is 2. The lowest BCUT2D eigenvalue weighted by Gasteiger charge is -2.09. The Bertz CT molecular complexity index is 660. The number of rotatable bonds is 7. The first-order chi connectivity index (χ1) is 10.7. The number of amides is 1. The molecule has 2 rings (SSSR count). The largest absolute Gasteiger partial charge is 0.325 e. The summed E-state index contributed by atoms with van der Waals surface area (Å²) in [5.41, 5.74) is 0.583. The van der Waals surface area contributed by atoms with Crippen molar-refractivity contribution in [1.29, 1.82) is 5.26 Å². The first-order valence-corrected chi connectivity index (χ1v) is 7.89.